The number of carbonyl (C=O) groups is 1. The van der Waals surface area contributed by atoms with Crippen LogP contribution in [0, 0.1) is 5.92 Å². The number of nitrogens with one attached hydrogen (secondary N) is 1. The van der Waals surface area contributed by atoms with Gasteiger partial charge in [0.1, 0.15) is 0 Å². The van der Waals surface area contributed by atoms with Crippen LogP contribution in [-0.4, -0.2) is 31.4 Å². The molecular formula is C9H15NO3S. The molecule has 0 spiro atoms. The summed E-state index contributed by atoms with van der Waals surface area (Å²) in [6.45, 7) is 2.05. The molecule has 14 heavy (non-hydrogen) atoms. The van der Waals surface area contributed by atoms with Gasteiger partial charge in [0.2, 0.25) is 5.91 Å². The maximum Gasteiger partial charge on any atom is 0.241 e. The zero-order valence-electron chi connectivity index (χ0n) is 8.41. The van der Waals surface area contributed by atoms with Gasteiger partial charge in [-0.1, -0.05) is 6.92 Å². The second-order valence-electron chi connectivity index (χ2n) is 4.56. The third kappa shape index (κ3) is 1.43. The molecule has 2 aliphatic carbocycles. The van der Waals surface area contributed by atoms with Crippen LogP contribution in [-0.2, 0) is 14.6 Å². The predicted octanol–water partition coefficient (Wildman–Crippen LogP) is 0.0882. The first-order valence-corrected chi connectivity index (χ1v) is 6.76. The SMILES string of the molecule is CC1CC1NC(=O)C1(S(C)(=O)=O)CC1. The molecule has 0 saturated heterocycles. The summed E-state index contributed by atoms with van der Waals surface area (Å²) in [4.78, 5) is 11.7. The van der Waals surface area contributed by atoms with Gasteiger partial charge in [0.05, 0.1) is 0 Å². The third-order valence-electron chi connectivity index (χ3n) is 3.25. The van der Waals surface area contributed by atoms with Crippen molar-refractivity contribution in [3.63, 3.8) is 0 Å². The number of hydrogen-bond donors (Lipinski definition) is 1. The van der Waals surface area contributed by atoms with E-state index in [1.165, 1.54) is 0 Å². The third-order valence-corrected chi connectivity index (χ3v) is 5.27. The zero-order chi connectivity index (χ0) is 10.6. The van der Waals surface area contributed by atoms with Crippen molar-refractivity contribution in [2.45, 2.75) is 37.0 Å². The van der Waals surface area contributed by atoms with E-state index in [9.17, 15) is 13.2 Å². The van der Waals surface area contributed by atoms with Crippen molar-refractivity contribution in [3.8, 4) is 0 Å². The highest BCUT2D eigenvalue weighted by atomic mass is 32.2. The van der Waals surface area contributed by atoms with E-state index in [0.29, 0.717) is 18.8 Å². The standard InChI is InChI=1S/C9H15NO3S/c1-6-5-7(6)10-8(11)9(3-4-9)14(2,12)13/h6-7H,3-5H2,1-2H3,(H,10,11). The van der Waals surface area contributed by atoms with Crippen molar-refractivity contribution in [1.29, 1.82) is 0 Å². The Balaban J connectivity index is 2.05. The van der Waals surface area contributed by atoms with Crippen LogP contribution in [0.4, 0.5) is 0 Å². The Morgan fingerprint density at radius 3 is 2.21 bits per heavy atom. The van der Waals surface area contributed by atoms with Crippen LogP contribution >= 0.6 is 0 Å². The molecule has 2 aliphatic rings. The number of hydrogen-bond acceptors (Lipinski definition) is 3. The van der Waals surface area contributed by atoms with Crippen molar-refractivity contribution in [1.82, 2.24) is 5.32 Å². The Labute approximate surface area is 84.0 Å². The van der Waals surface area contributed by atoms with Gasteiger partial charge in [0, 0.05) is 12.3 Å². The normalized spacial score (nSPS) is 33.6. The Morgan fingerprint density at radius 2 is 1.93 bits per heavy atom. The molecule has 2 saturated carbocycles. The summed E-state index contributed by atoms with van der Waals surface area (Å²) in [5.41, 5.74) is 0. The second-order valence-corrected chi connectivity index (χ2v) is 6.89. The fourth-order valence-corrected chi connectivity index (χ4v) is 2.94. The van der Waals surface area contributed by atoms with E-state index in [1.54, 1.807) is 0 Å². The molecule has 1 N–H and O–H groups in total. The van der Waals surface area contributed by atoms with Gasteiger partial charge in [-0.3, -0.25) is 4.79 Å². The lowest BCUT2D eigenvalue weighted by Crippen LogP contribution is -2.42. The molecule has 0 radical (unpaired) electrons. The van der Waals surface area contributed by atoms with Crippen LogP contribution in [0.5, 0.6) is 0 Å². The molecule has 0 aromatic heterocycles. The lowest BCUT2D eigenvalue weighted by molar-refractivity contribution is -0.121. The maximum absolute atomic E-state index is 11.7. The van der Waals surface area contributed by atoms with Gasteiger partial charge in [-0.25, -0.2) is 8.42 Å². The average molecular weight is 217 g/mol. The maximum atomic E-state index is 11.7. The quantitative estimate of drug-likeness (QED) is 0.728. The molecule has 0 aromatic carbocycles. The predicted molar refractivity (Wildman–Crippen MR) is 52.5 cm³/mol. The molecule has 1 amide bonds. The van der Waals surface area contributed by atoms with Gasteiger partial charge < -0.3 is 5.32 Å². The van der Waals surface area contributed by atoms with Gasteiger partial charge in [-0.2, -0.15) is 0 Å². The summed E-state index contributed by atoms with van der Waals surface area (Å²) in [6.07, 6.45) is 3.10. The van der Waals surface area contributed by atoms with E-state index in [4.69, 9.17) is 0 Å². The summed E-state index contributed by atoms with van der Waals surface area (Å²) in [7, 11) is -3.24. The van der Waals surface area contributed by atoms with Crippen LogP contribution in [0.1, 0.15) is 26.2 Å². The Kier molecular flexibility index (Phi) is 1.93. The monoisotopic (exact) mass is 217 g/mol. The highest BCUT2D eigenvalue weighted by molar-refractivity contribution is 7.93. The minimum atomic E-state index is -3.24. The number of carbonyl (C=O) groups excluding carboxylic acids is 1. The summed E-state index contributed by atoms with van der Waals surface area (Å²) in [6, 6.07) is 0.210. The molecule has 2 unspecified atom stereocenters. The summed E-state index contributed by atoms with van der Waals surface area (Å²) >= 11 is 0. The average Bonchev–Trinajstić information content (AvgIpc) is 2.84. The zero-order valence-corrected chi connectivity index (χ0v) is 9.23. The summed E-state index contributed by atoms with van der Waals surface area (Å²) in [5, 5.41) is 2.79. The molecule has 0 heterocycles. The van der Waals surface area contributed by atoms with E-state index in [-0.39, 0.29) is 11.9 Å². The van der Waals surface area contributed by atoms with Gasteiger partial charge in [0.15, 0.2) is 14.6 Å². The first-order valence-electron chi connectivity index (χ1n) is 4.87. The first-order chi connectivity index (χ1) is 6.37. The van der Waals surface area contributed by atoms with E-state index in [2.05, 4.69) is 5.32 Å². The molecule has 2 rings (SSSR count). The van der Waals surface area contributed by atoms with E-state index in [1.807, 2.05) is 6.92 Å². The van der Waals surface area contributed by atoms with Crippen molar-refractivity contribution in [3.05, 3.63) is 0 Å². The van der Waals surface area contributed by atoms with Crippen molar-refractivity contribution >= 4 is 15.7 Å². The lowest BCUT2D eigenvalue weighted by Gasteiger charge is -2.12. The van der Waals surface area contributed by atoms with Crippen molar-refractivity contribution in [2.75, 3.05) is 6.26 Å². The van der Waals surface area contributed by atoms with E-state index >= 15 is 0 Å². The van der Waals surface area contributed by atoms with Gasteiger partial charge >= 0.3 is 0 Å². The van der Waals surface area contributed by atoms with Crippen LogP contribution in [0.25, 0.3) is 0 Å². The number of sulfone groups is 1. The van der Waals surface area contributed by atoms with Gasteiger partial charge in [-0.05, 0) is 25.2 Å². The topological polar surface area (TPSA) is 63.2 Å². The Hall–Kier alpha value is -0.580. The van der Waals surface area contributed by atoms with Crippen LogP contribution in [0.2, 0.25) is 0 Å². The fourth-order valence-electron chi connectivity index (χ4n) is 1.70. The highest BCUT2D eigenvalue weighted by Crippen LogP contribution is 2.44. The highest BCUT2D eigenvalue weighted by Gasteiger charge is 2.59. The van der Waals surface area contributed by atoms with E-state index in [0.717, 1.165) is 12.7 Å². The van der Waals surface area contributed by atoms with Crippen LogP contribution < -0.4 is 5.32 Å². The minimum Gasteiger partial charge on any atom is -0.352 e. The van der Waals surface area contributed by atoms with Crippen molar-refractivity contribution in [2.24, 2.45) is 5.92 Å². The number of rotatable bonds is 3. The lowest BCUT2D eigenvalue weighted by atomic mass is 10.3. The molecule has 2 atom stereocenters. The van der Waals surface area contributed by atoms with Crippen LogP contribution in [0.15, 0.2) is 0 Å². The minimum absolute atomic E-state index is 0.210. The molecule has 80 valence electrons. The van der Waals surface area contributed by atoms with Crippen LogP contribution in [0.3, 0.4) is 0 Å². The van der Waals surface area contributed by atoms with Gasteiger partial charge in [0.25, 0.3) is 0 Å². The number of amides is 1. The summed E-state index contributed by atoms with van der Waals surface area (Å²) < 4.78 is 21.7. The first kappa shape index (κ1) is 9.96. The fraction of sp³-hybridized carbons (Fsp3) is 0.889. The smallest absolute Gasteiger partial charge is 0.241 e. The molecule has 0 aromatic rings. The summed E-state index contributed by atoms with van der Waals surface area (Å²) in [5.74, 6) is 0.226. The Bertz CT molecular complexity index is 370. The largest absolute Gasteiger partial charge is 0.352 e. The van der Waals surface area contributed by atoms with Crippen molar-refractivity contribution < 1.29 is 13.2 Å². The molecule has 4 nitrogen and oxygen atoms in total. The molecule has 5 heteroatoms. The second kappa shape index (κ2) is 2.72. The molecule has 0 aliphatic heterocycles. The van der Waals surface area contributed by atoms with E-state index < -0.39 is 14.6 Å². The molecular weight excluding hydrogens is 202 g/mol. The Morgan fingerprint density at radius 1 is 1.43 bits per heavy atom. The van der Waals surface area contributed by atoms with Gasteiger partial charge in [-0.15, -0.1) is 0 Å². The molecule has 2 fully saturated rings. The molecule has 0 bridgehead atoms.